The molecule has 122 valence electrons. The molecule has 1 unspecified atom stereocenters. The molecule has 0 saturated carbocycles. The largest absolute Gasteiger partial charge is 0.382 e. The van der Waals surface area contributed by atoms with Crippen molar-refractivity contribution in [3.63, 3.8) is 0 Å². The maximum Gasteiger partial charge on any atom is 0.191 e. The van der Waals surface area contributed by atoms with Crippen LogP contribution in [0.1, 0.15) is 53.4 Å². The van der Waals surface area contributed by atoms with Gasteiger partial charge in [-0.1, -0.05) is 26.7 Å². The quantitative estimate of drug-likeness (QED) is 0.256. The zero-order valence-electron chi connectivity index (χ0n) is 13.9. The molecule has 0 radical (unpaired) electrons. The number of nitrogens with zero attached hydrogens (tertiary/aromatic N) is 1. The zero-order chi connectivity index (χ0) is 14.5. The van der Waals surface area contributed by atoms with Crippen molar-refractivity contribution in [3.8, 4) is 0 Å². The Bertz CT molecular complexity index is 235. The summed E-state index contributed by atoms with van der Waals surface area (Å²) in [6, 6.07) is 0.469. The maximum absolute atomic E-state index is 5.31. The fraction of sp³-hybridized carbons (Fsp3) is 0.933. The second-order valence-corrected chi connectivity index (χ2v) is 5.42. The topological polar surface area (TPSA) is 45.6 Å². The first-order valence-electron chi connectivity index (χ1n) is 7.65. The summed E-state index contributed by atoms with van der Waals surface area (Å²) >= 11 is 0. The number of guanidine groups is 1. The van der Waals surface area contributed by atoms with Crippen LogP contribution in [-0.4, -0.2) is 38.8 Å². The van der Waals surface area contributed by atoms with Crippen LogP contribution < -0.4 is 10.6 Å². The minimum Gasteiger partial charge on any atom is -0.382 e. The molecule has 5 heteroatoms. The average molecular weight is 399 g/mol. The second kappa shape index (κ2) is 15.4. The van der Waals surface area contributed by atoms with E-state index in [1.54, 1.807) is 0 Å². The highest BCUT2D eigenvalue weighted by Gasteiger charge is 2.05. The SMILES string of the molecule is CCOCCCNC(=NC)NC(C)CCCC(C)C.I. The van der Waals surface area contributed by atoms with E-state index in [1.807, 2.05) is 14.0 Å². The van der Waals surface area contributed by atoms with Crippen molar-refractivity contribution in [2.24, 2.45) is 10.9 Å². The van der Waals surface area contributed by atoms with Gasteiger partial charge in [-0.2, -0.15) is 0 Å². The molecule has 0 aliphatic rings. The van der Waals surface area contributed by atoms with E-state index < -0.39 is 0 Å². The van der Waals surface area contributed by atoms with Crippen LogP contribution in [0.15, 0.2) is 4.99 Å². The molecular weight excluding hydrogens is 365 g/mol. The van der Waals surface area contributed by atoms with Gasteiger partial charge in [-0.15, -0.1) is 24.0 Å². The van der Waals surface area contributed by atoms with E-state index in [4.69, 9.17) is 4.74 Å². The summed E-state index contributed by atoms with van der Waals surface area (Å²) in [5, 5.41) is 6.75. The minimum atomic E-state index is 0. The Balaban J connectivity index is 0. The van der Waals surface area contributed by atoms with Crippen LogP contribution in [0.4, 0.5) is 0 Å². The summed E-state index contributed by atoms with van der Waals surface area (Å²) in [6.07, 6.45) is 4.77. The summed E-state index contributed by atoms with van der Waals surface area (Å²) in [5.41, 5.74) is 0. The molecule has 4 nitrogen and oxygen atoms in total. The van der Waals surface area contributed by atoms with Crippen molar-refractivity contribution < 1.29 is 4.74 Å². The lowest BCUT2D eigenvalue weighted by Gasteiger charge is -2.18. The third kappa shape index (κ3) is 14.4. The van der Waals surface area contributed by atoms with Gasteiger partial charge in [-0.25, -0.2) is 0 Å². The van der Waals surface area contributed by atoms with Crippen LogP contribution in [0, 0.1) is 5.92 Å². The Hall–Kier alpha value is -0.0400. The van der Waals surface area contributed by atoms with Gasteiger partial charge in [-0.3, -0.25) is 4.99 Å². The minimum absolute atomic E-state index is 0. The van der Waals surface area contributed by atoms with Gasteiger partial charge in [0.05, 0.1) is 0 Å². The predicted octanol–water partition coefficient (Wildman–Crippen LogP) is 3.41. The number of hydrogen-bond donors (Lipinski definition) is 2. The second-order valence-electron chi connectivity index (χ2n) is 5.42. The van der Waals surface area contributed by atoms with E-state index in [1.165, 1.54) is 19.3 Å². The molecule has 0 fully saturated rings. The number of halogens is 1. The highest BCUT2D eigenvalue weighted by molar-refractivity contribution is 14.0. The van der Waals surface area contributed by atoms with E-state index in [9.17, 15) is 0 Å². The van der Waals surface area contributed by atoms with Gasteiger partial charge < -0.3 is 15.4 Å². The highest BCUT2D eigenvalue weighted by Crippen LogP contribution is 2.07. The molecule has 0 aliphatic heterocycles. The molecule has 0 heterocycles. The van der Waals surface area contributed by atoms with Crippen molar-refractivity contribution in [2.45, 2.75) is 59.4 Å². The number of hydrogen-bond acceptors (Lipinski definition) is 2. The van der Waals surface area contributed by atoms with E-state index in [0.717, 1.165) is 38.1 Å². The number of aliphatic imine (C=N–C) groups is 1. The van der Waals surface area contributed by atoms with Crippen LogP contribution in [0.5, 0.6) is 0 Å². The fourth-order valence-corrected chi connectivity index (χ4v) is 1.86. The van der Waals surface area contributed by atoms with Crippen LogP contribution in [0.3, 0.4) is 0 Å². The van der Waals surface area contributed by atoms with Crippen molar-refractivity contribution in [2.75, 3.05) is 26.8 Å². The Labute approximate surface area is 142 Å². The maximum atomic E-state index is 5.31. The molecule has 2 N–H and O–H groups in total. The van der Waals surface area contributed by atoms with Crippen LogP contribution in [0.2, 0.25) is 0 Å². The Morgan fingerprint density at radius 1 is 1.15 bits per heavy atom. The third-order valence-corrected chi connectivity index (χ3v) is 2.99. The molecule has 0 aromatic rings. The van der Waals surface area contributed by atoms with Gasteiger partial charge in [0.25, 0.3) is 0 Å². The highest BCUT2D eigenvalue weighted by atomic mass is 127. The third-order valence-electron chi connectivity index (χ3n) is 2.99. The lowest BCUT2D eigenvalue weighted by Crippen LogP contribution is -2.42. The number of rotatable bonds is 10. The monoisotopic (exact) mass is 399 g/mol. The molecule has 0 rings (SSSR count). The van der Waals surface area contributed by atoms with E-state index in [2.05, 4.69) is 36.4 Å². The van der Waals surface area contributed by atoms with Gasteiger partial charge in [0.1, 0.15) is 0 Å². The van der Waals surface area contributed by atoms with E-state index in [-0.39, 0.29) is 24.0 Å². The summed E-state index contributed by atoms with van der Waals surface area (Å²) < 4.78 is 5.31. The van der Waals surface area contributed by atoms with Crippen molar-refractivity contribution in [1.29, 1.82) is 0 Å². The molecule has 0 saturated heterocycles. The fourth-order valence-electron chi connectivity index (χ4n) is 1.86. The van der Waals surface area contributed by atoms with Crippen LogP contribution in [-0.2, 0) is 4.74 Å². The van der Waals surface area contributed by atoms with Gasteiger partial charge in [0.2, 0.25) is 0 Å². The standard InChI is InChI=1S/C15H33N3O.HI/c1-6-19-12-8-11-17-15(16-5)18-14(4)10-7-9-13(2)3;/h13-14H,6-12H2,1-5H3,(H2,16,17,18);1H. The van der Waals surface area contributed by atoms with E-state index in [0.29, 0.717) is 6.04 Å². The Morgan fingerprint density at radius 2 is 1.85 bits per heavy atom. The summed E-state index contributed by atoms with van der Waals surface area (Å²) in [7, 11) is 1.82. The Kier molecular flexibility index (Phi) is 17.1. The molecule has 0 aliphatic carbocycles. The number of nitrogens with one attached hydrogen (secondary N) is 2. The molecule has 1 atom stereocenters. The summed E-state index contributed by atoms with van der Waals surface area (Å²) in [4.78, 5) is 4.24. The van der Waals surface area contributed by atoms with Crippen molar-refractivity contribution in [1.82, 2.24) is 10.6 Å². The molecule has 0 spiro atoms. The first kappa shape index (κ1) is 22.2. The molecular formula is C15H34IN3O. The smallest absolute Gasteiger partial charge is 0.191 e. The Morgan fingerprint density at radius 3 is 2.40 bits per heavy atom. The van der Waals surface area contributed by atoms with Gasteiger partial charge in [-0.05, 0) is 32.6 Å². The molecule has 0 aromatic carbocycles. The molecule has 0 amide bonds. The molecule has 20 heavy (non-hydrogen) atoms. The van der Waals surface area contributed by atoms with E-state index >= 15 is 0 Å². The van der Waals surface area contributed by atoms with Crippen molar-refractivity contribution >= 4 is 29.9 Å². The zero-order valence-corrected chi connectivity index (χ0v) is 16.2. The van der Waals surface area contributed by atoms with Crippen molar-refractivity contribution in [3.05, 3.63) is 0 Å². The van der Waals surface area contributed by atoms with Gasteiger partial charge in [0, 0.05) is 32.8 Å². The predicted molar refractivity (Wildman–Crippen MR) is 99.2 cm³/mol. The average Bonchev–Trinajstić information content (AvgIpc) is 2.36. The summed E-state index contributed by atoms with van der Waals surface area (Å²) in [5.74, 6) is 1.69. The molecule has 0 bridgehead atoms. The number of ether oxygens (including phenoxy) is 1. The first-order valence-corrected chi connectivity index (χ1v) is 7.65. The first-order chi connectivity index (χ1) is 9.10. The lowest BCUT2D eigenvalue weighted by atomic mass is 10.0. The van der Waals surface area contributed by atoms with Crippen LogP contribution in [0.25, 0.3) is 0 Å². The lowest BCUT2D eigenvalue weighted by molar-refractivity contribution is 0.145. The van der Waals surface area contributed by atoms with Gasteiger partial charge in [0.15, 0.2) is 5.96 Å². The molecule has 0 aromatic heterocycles. The van der Waals surface area contributed by atoms with Crippen LogP contribution >= 0.6 is 24.0 Å². The normalized spacial score (nSPS) is 13.0. The van der Waals surface area contributed by atoms with Gasteiger partial charge >= 0.3 is 0 Å². The summed E-state index contributed by atoms with van der Waals surface area (Å²) in [6.45, 7) is 11.3.